The van der Waals surface area contributed by atoms with Crippen molar-refractivity contribution in [1.82, 2.24) is 14.7 Å². The average Bonchev–Trinajstić information content (AvgIpc) is 2.74. The number of carbonyl (C=O) groups excluding carboxylic acids is 1. The van der Waals surface area contributed by atoms with E-state index in [1.54, 1.807) is 12.1 Å². The number of likely N-dealkylation sites (tertiary alicyclic amines) is 2. The first kappa shape index (κ1) is 19.8. The Hall–Kier alpha value is -1.50. The molecule has 3 fully saturated rings. The van der Waals surface area contributed by atoms with Crippen LogP contribution in [0, 0.1) is 11.7 Å². The van der Waals surface area contributed by atoms with E-state index in [1.807, 2.05) is 11.0 Å². The molecule has 0 saturated carbocycles. The van der Waals surface area contributed by atoms with Crippen LogP contribution in [0.1, 0.15) is 31.2 Å². The molecule has 0 spiro atoms. The highest BCUT2D eigenvalue weighted by atomic mass is 19.1. The van der Waals surface area contributed by atoms with Crippen molar-refractivity contribution in [2.24, 2.45) is 5.92 Å². The van der Waals surface area contributed by atoms with E-state index in [2.05, 4.69) is 9.80 Å². The molecule has 3 saturated heterocycles. The zero-order valence-corrected chi connectivity index (χ0v) is 16.7. The normalized spacial score (nSPS) is 25.8. The van der Waals surface area contributed by atoms with E-state index in [9.17, 15) is 9.18 Å². The Balaban J connectivity index is 1.26. The van der Waals surface area contributed by atoms with Gasteiger partial charge < -0.3 is 9.64 Å². The molecule has 5 nitrogen and oxygen atoms in total. The van der Waals surface area contributed by atoms with Crippen molar-refractivity contribution in [3.8, 4) is 0 Å². The first-order valence-electron chi connectivity index (χ1n) is 10.8. The summed E-state index contributed by atoms with van der Waals surface area (Å²) in [5.41, 5.74) is 1.05. The third kappa shape index (κ3) is 4.91. The molecule has 0 radical (unpaired) electrons. The molecule has 1 aromatic rings. The van der Waals surface area contributed by atoms with E-state index in [0.29, 0.717) is 25.2 Å². The Morgan fingerprint density at radius 3 is 2.61 bits per heavy atom. The summed E-state index contributed by atoms with van der Waals surface area (Å²) in [5.74, 6) is 0.324. The lowest BCUT2D eigenvalue weighted by Crippen LogP contribution is -2.52. The van der Waals surface area contributed by atoms with Crippen LogP contribution in [-0.4, -0.2) is 79.1 Å². The molecule has 0 aliphatic carbocycles. The van der Waals surface area contributed by atoms with Crippen molar-refractivity contribution >= 4 is 5.91 Å². The van der Waals surface area contributed by atoms with Crippen LogP contribution in [0.2, 0.25) is 0 Å². The molecule has 1 unspecified atom stereocenters. The van der Waals surface area contributed by atoms with Gasteiger partial charge in [0, 0.05) is 32.2 Å². The standard InChI is InChI=1S/C22H32FN3O2/c23-20-5-1-3-18(15-20)16-24-9-6-21(7-10-24)26-8-2-4-19(17-26)22(27)25-11-13-28-14-12-25/h1,3,5,15,19,21H,2,4,6-14,16-17H2. The third-order valence-corrected chi connectivity index (χ3v) is 6.49. The van der Waals surface area contributed by atoms with Gasteiger partial charge in [0.05, 0.1) is 19.1 Å². The molecule has 0 aromatic heterocycles. The molecule has 3 heterocycles. The van der Waals surface area contributed by atoms with Crippen molar-refractivity contribution in [2.75, 3.05) is 52.5 Å². The number of morpholine rings is 1. The summed E-state index contributed by atoms with van der Waals surface area (Å²) in [5, 5.41) is 0. The van der Waals surface area contributed by atoms with E-state index in [0.717, 1.165) is 77.1 Å². The lowest BCUT2D eigenvalue weighted by atomic mass is 9.92. The van der Waals surface area contributed by atoms with E-state index >= 15 is 0 Å². The summed E-state index contributed by atoms with van der Waals surface area (Å²) < 4.78 is 18.8. The zero-order chi connectivity index (χ0) is 19.3. The Labute approximate surface area is 167 Å². The van der Waals surface area contributed by atoms with Gasteiger partial charge in [0.1, 0.15) is 5.82 Å². The monoisotopic (exact) mass is 389 g/mol. The van der Waals surface area contributed by atoms with Crippen LogP contribution in [-0.2, 0) is 16.1 Å². The molecule has 154 valence electrons. The van der Waals surface area contributed by atoms with Gasteiger partial charge in [-0.1, -0.05) is 12.1 Å². The van der Waals surface area contributed by atoms with Gasteiger partial charge in [0.15, 0.2) is 0 Å². The minimum atomic E-state index is -0.156. The highest BCUT2D eigenvalue weighted by molar-refractivity contribution is 5.79. The van der Waals surface area contributed by atoms with Gasteiger partial charge >= 0.3 is 0 Å². The lowest BCUT2D eigenvalue weighted by Gasteiger charge is -2.43. The number of hydrogen-bond acceptors (Lipinski definition) is 4. The SMILES string of the molecule is O=C(C1CCCN(C2CCN(Cc3cccc(F)c3)CC2)C1)N1CCOCC1. The number of ether oxygens (including phenoxy) is 1. The van der Waals surface area contributed by atoms with Crippen LogP contribution < -0.4 is 0 Å². The largest absolute Gasteiger partial charge is 0.378 e. The molecular weight excluding hydrogens is 357 g/mol. The van der Waals surface area contributed by atoms with E-state index in [4.69, 9.17) is 4.74 Å². The number of nitrogens with zero attached hydrogens (tertiary/aromatic N) is 3. The van der Waals surface area contributed by atoms with Crippen molar-refractivity contribution in [2.45, 2.75) is 38.3 Å². The Kier molecular flexibility index (Phi) is 6.60. The summed E-state index contributed by atoms with van der Waals surface area (Å²) in [6, 6.07) is 7.50. The van der Waals surface area contributed by atoms with Crippen molar-refractivity contribution < 1.29 is 13.9 Å². The quantitative estimate of drug-likeness (QED) is 0.792. The number of amides is 1. The first-order valence-corrected chi connectivity index (χ1v) is 10.8. The van der Waals surface area contributed by atoms with Crippen LogP contribution in [0.15, 0.2) is 24.3 Å². The molecule has 4 rings (SSSR count). The first-order chi connectivity index (χ1) is 13.7. The predicted molar refractivity (Wildman–Crippen MR) is 106 cm³/mol. The van der Waals surface area contributed by atoms with Crippen molar-refractivity contribution in [1.29, 1.82) is 0 Å². The van der Waals surface area contributed by atoms with Gasteiger partial charge in [-0.25, -0.2) is 4.39 Å². The molecule has 6 heteroatoms. The Morgan fingerprint density at radius 1 is 1.07 bits per heavy atom. The fourth-order valence-corrected chi connectivity index (χ4v) is 4.92. The topological polar surface area (TPSA) is 36.0 Å². The van der Waals surface area contributed by atoms with Crippen LogP contribution in [0.4, 0.5) is 4.39 Å². The smallest absolute Gasteiger partial charge is 0.227 e. The third-order valence-electron chi connectivity index (χ3n) is 6.49. The maximum absolute atomic E-state index is 13.4. The lowest BCUT2D eigenvalue weighted by molar-refractivity contribution is -0.142. The molecule has 1 atom stereocenters. The molecule has 3 aliphatic rings. The number of hydrogen-bond donors (Lipinski definition) is 0. The minimum Gasteiger partial charge on any atom is -0.378 e. The summed E-state index contributed by atoms with van der Waals surface area (Å²) in [7, 11) is 0. The summed E-state index contributed by atoms with van der Waals surface area (Å²) >= 11 is 0. The number of rotatable bonds is 4. The molecule has 28 heavy (non-hydrogen) atoms. The van der Waals surface area contributed by atoms with Crippen molar-refractivity contribution in [3.05, 3.63) is 35.6 Å². The number of halogens is 1. The van der Waals surface area contributed by atoms with Gasteiger partial charge in [-0.15, -0.1) is 0 Å². The van der Waals surface area contributed by atoms with Crippen molar-refractivity contribution in [3.63, 3.8) is 0 Å². The fourth-order valence-electron chi connectivity index (χ4n) is 4.92. The second kappa shape index (κ2) is 9.33. The fraction of sp³-hybridized carbons (Fsp3) is 0.682. The number of piperidine rings is 2. The molecule has 1 aromatic carbocycles. The molecule has 3 aliphatic heterocycles. The van der Waals surface area contributed by atoms with Gasteiger partial charge in [-0.3, -0.25) is 14.6 Å². The van der Waals surface area contributed by atoms with Gasteiger partial charge in [0.25, 0.3) is 0 Å². The maximum atomic E-state index is 13.4. The summed E-state index contributed by atoms with van der Waals surface area (Å²) in [4.78, 5) is 19.9. The van der Waals surface area contributed by atoms with Crippen LogP contribution in [0.5, 0.6) is 0 Å². The number of benzene rings is 1. The zero-order valence-electron chi connectivity index (χ0n) is 16.7. The van der Waals surface area contributed by atoms with Gasteiger partial charge in [0.2, 0.25) is 5.91 Å². The second-order valence-corrected chi connectivity index (χ2v) is 8.41. The Bertz CT molecular complexity index is 657. The molecule has 0 N–H and O–H groups in total. The molecule has 0 bridgehead atoms. The summed E-state index contributed by atoms with van der Waals surface area (Å²) in [6.45, 7) is 7.76. The molecule has 1 amide bonds. The number of carbonyl (C=O) groups is 1. The highest BCUT2D eigenvalue weighted by Gasteiger charge is 2.33. The van der Waals surface area contributed by atoms with E-state index in [-0.39, 0.29) is 11.7 Å². The maximum Gasteiger partial charge on any atom is 0.227 e. The van der Waals surface area contributed by atoms with Crippen LogP contribution in [0.3, 0.4) is 0 Å². The average molecular weight is 390 g/mol. The Morgan fingerprint density at radius 2 is 1.86 bits per heavy atom. The van der Waals surface area contributed by atoms with Crippen LogP contribution in [0.25, 0.3) is 0 Å². The van der Waals surface area contributed by atoms with E-state index in [1.165, 1.54) is 6.07 Å². The summed E-state index contributed by atoms with van der Waals surface area (Å²) in [6.07, 6.45) is 4.40. The van der Waals surface area contributed by atoms with E-state index < -0.39 is 0 Å². The van der Waals surface area contributed by atoms with Gasteiger partial charge in [-0.2, -0.15) is 0 Å². The van der Waals surface area contributed by atoms with Gasteiger partial charge in [-0.05, 0) is 63.0 Å². The predicted octanol–water partition coefficient (Wildman–Crippen LogP) is 2.36. The highest BCUT2D eigenvalue weighted by Crippen LogP contribution is 2.26. The molecular formula is C22H32FN3O2. The second-order valence-electron chi connectivity index (χ2n) is 8.41. The minimum absolute atomic E-state index is 0.150. The van der Waals surface area contributed by atoms with Crippen LogP contribution >= 0.6 is 0 Å².